The van der Waals surface area contributed by atoms with Gasteiger partial charge in [-0.05, 0) is 36.2 Å². The molecule has 0 saturated carbocycles. The fourth-order valence-corrected chi connectivity index (χ4v) is 3.54. The standard InChI is InChI=1S/C21H28N4O4S/c1-15(2)19(25-21(27)24-13-16-8-5-4-6-9-16)20(26)23-14-17-10-7-11-18(12-17)30(28,29)22-3/h4-12,15,19,22H,13-14H2,1-3H3,(H,23,26)(H2,24,25,27). The van der Waals surface area contributed by atoms with Crippen molar-refractivity contribution in [3.63, 3.8) is 0 Å². The molecule has 3 amide bonds. The summed E-state index contributed by atoms with van der Waals surface area (Å²) in [5.41, 5.74) is 1.59. The molecule has 162 valence electrons. The van der Waals surface area contributed by atoms with Gasteiger partial charge in [0.05, 0.1) is 4.90 Å². The maximum atomic E-state index is 12.6. The van der Waals surface area contributed by atoms with Crippen LogP contribution in [0, 0.1) is 5.92 Å². The summed E-state index contributed by atoms with van der Waals surface area (Å²) in [6, 6.07) is 14.6. The molecular weight excluding hydrogens is 404 g/mol. The third-order valence-corrected chi connectivity index (χ3v) is 5.89. The molecule has 0 aromatic heterocycles. The normalized spacial score (nSPS) is 12.3. The van der Waals surface area contributed by atoms with Crippen LogP contribution in [0.25, 0.3) is 0 Å². The average Bonchev–Trinajstić information content (AvgIpc) is 2.75. The van der Waals surface area contributed by atoms with Crippen molar-refractivity contribution >= 4 is 22.0 Å². The highest BCUT2D eigenvalue weighted by Gasteiger charge is 2.24. The summed E-state index contributed by atoms with van der Waals surface area (Å²) in [6.45, 7) is 4.16. The third-order valence-electron chi connectivity index (χ3n) is 4.48. The van der Waals surface area contributed by atoms with E-state index in [9.17, 15) is 18.0 Å². The van der Waals surface area contributed by atoms with Gasteiger partial charge in [0.15, 0.2) is 0 Å². The van der Waals surface area contributed by atoms with Crippen LogP contribution < -0.4 is 20.7 Å². The summed E-state index contributed by atoms with van der Waals surface area (Å²) in [7, 11) is -2.22. The van der Waals surface area contributed by atoms with E-state index < -0.39 is 22.1 Å². The van der Waals surface area contributed by atoms with Gasteiger partial charge in [0.1, 0.15) is 6.04 Å². The molecule has 9 heteroatoms. The topological polar surface area (TPSA) is 116 Å². The Kier molecular flexibility index (Phi) is 8.37. The third kappa shape index (κ3) is 6.85. The Hall–Kier alpha value is -2.91. The summed E-state index contributed by atoms with van der Waals surface area (Å²) in [5, 5.41) is 8.20. The lowest BCUT2D eigenvalue weighted by molar-refractivity contribution is -0.124. The molecule has 0 aliphatic rings. The van der Waals surface area contributed by atoms with Gasteiger partial charge in [0.25, 0.3) is 0 Å². The zero-order valence-corrected chi connectivity index (χ0v) is 18.1. The number of carbonyl (C=O) groups is 2. The first kappa shape index (κ1) is 23.4. The van der Waals surface area contributed by atoms with Crippen LogP contribution in [0.4, 0.5) is 4.79 Å². The molecule has 2 aromatic carbocycles. The van der Waals surface area contributed by atoms with Crippen LogP contribution >= 0.6 is 0 Å². The maximum absolute atomic E-state index is 12.6. The lowest BCUT2D eigenvalue weighted by Gasteiger charge is -2.22. The van der Waals surface area contributed by atoms with Gasteiger partial charge < -0.3 is 16.0 Å². The van der Waals surface area contributed by atoms with Crippen molar-refractivity contribution in [1.29, 1.82) is 0 Å². The van der Waals surface area contributed by atoms with E-state index in [1.807, 2.05) is 44.2 Å². The first-order valence-electron chi connectivity index (χ1n) is 9.61. The highest BCUT2D eigenvalue weighted by molar-refractivity contribution is 7.89. The molecule has 1 atom stereocenters. The summed E-state index contributed by atoms with van der Waals surface area (Å²) < 4.78 is 26.1. The second-order valence-corrected chi connectivity index (χ2v) is 8.99. The second-order valence-electron chi connectivity index (χ2n) is 7.11. The van der Waals surface area contributed by atoms with Crippen molar-refractivity contribution in [2.45, 2.75) is 37.9 Å². The Bertz CT molecular complexity index is 962. The van der Waals surface area contributed by atoms with Crippen LogP contribution in [-0.4, -0.2) is 33.4 Å². The molecule has 0 aliphatic carbocycles. The van der Waals surface area contributed by atoms with Crippen LogP contribution in [0.3, 0.4) is 0 Å². The van der Waals surface area contributed by atoms with E-state index in [1.54, 1.807) is 12.1 Å². The molecule has 0 radical (unpaired) electrons. The highest BCUT2D eigenvalue weighted by atomic mass is 32.2. The Labute approximate surface area is 177 Å². The van der Waals surface area contributed by atoms with E-state index in [2.05, 4.69) is 20.7 Å². The average molecular weight is 433 g/mol. The molecule has 0 fully saturated rings. The Morgan fingerprint density at radius 2 is 1.53 bits per heavy atom. The van der Waals surface area contributed by atoms with Crippen molar-refractivity contribution in [2.75, 3.05) is 7.05 Å². The van der Waals surface area contributed by atoms with E-state index >= 15 is 0 Å². The van der Waals surface area contributed by atoms with Crippen LogP contribution in [0.1, 0.15) is 25.0 Å². The molecule has 0 heterocycles. The van der Waals surface area contributed by atoms with Crippen molar-refractivity contribution in [3.8, 4) is 0 Å². The van der Waals surface area contributed by atoms with Crippen molar-refractivity contribution in [2.24, 2.45) is 5.92 Å². The van der Waals surface area contributed by atoms with Gasteiger partial charge in [-0.3, -0.25) is 4.79 Å². The van der Waals surface area contributed by atoms with Gasteiger partial charge in [0.2, 0.25) is 15.9 Å². The molecular formula is C21H28N4O4S. The molecule has 0 saturated heterocycles. The van der Waals surface area contributed by atoms with Crippen LogP contribution in [0.15, 0.2) is 59.5 Å². The molecule has 2 rings (SSSR count). The van der Waals surface area contributed by atoms with E-state index in [-0.39, 0.29) is 23.3 Å². The van der Waals surface area contributed by atoms with Gasteiger partial charge in [-0.2, -0.15) is 0 Å². The van der Waals surface area contributed by atoms with Crippen LogP contribution in [0.5, 0.6) is 0 Å². The van der Waals surface area contributed by atoms with Crippen molar-refractivity contribution in [1.82, 2.24) is 20.7 Å². The van der Waals surface area contributed by atoms with Gasteiger partial charge in [0, 0.05) is 13.1 Å². The van der Waals surface area contributed by atoms with Crippen LogP contribution in [-0.2, 0) is 27.9 Å². The quantitative estimate of drug-likeness (QED) is 0.483. The summed E-state index contributed by atoms with van der Waals surface area (Å²) >= 11 is 0. The summed E-state index contributed by atoms with van der Waals surface area (Å²) in [4.78, 5) is 25.0. The number of hydrogen-bond donors (Lipinski definition) is 4. The number of sulfonamides is 1. The molecule has 30 heavy (non-hydrogen) atoms. The van der Waals surface area contributed by atoms with Crippen molar-refractivity contribution < 1.29 is 18.0 Å². The molecule has 0 bridgehead atoms. The zero-order chi connectivity index (χ0) is 22.1. The number of nitrogens with one attached hydrogen (secondary N) is 4. The first-order chi connectivity index (χ1) is 14.2. The first-order valence-corrected chi connectivity index (χ1v) is 11.1. The number of benzene rings is 2. The van der Waals surface area contributed by atoms with E-state index in [0.29, 0.717) is 12.1 Å². The molecule has 0 spiro atoms. The molecule has 8 nitrogen and oxygen atoms in total. The number of urea groups is 1. The summed E-state index contributed by atoms with van der Waals surface area (Å²) in [6.07, 6.45) is 0. The van der Waals surface area contributed by atoms with Crippen molar-refractivity contribution in [3.05, 3.63) is 65.7 Å². The molecule has 2 aromatic rings. The monoisotopic (exact) mass is 432 g/mol. The molecule has 0 aliphatic heterocycles. The minimum absolute atomic E-state index is 0.121. The van der Waals surface area contributed by atoms with E-state index in [0.717, 1.165) is 5.56 Å². The second kappa shape index (κ2) is 10.7. The van der Waals surface area contributed by atoms with Gasteiger partial charge in [-0.15, -0.1) is 0 Å². The number of amides is 3. The summed E-state index contributed by atoms with van der Waals surface area (Å²) in [5.74, 6) is -0.481. The van der Waals surface area contributed by atoms with E-state index in [4.69, 9.17) is 0 Å². The Morgan fingerprint density at radius 3 is 2.17 bits per heavy atom. The van der Waals surface area contributed by atoms with Gasteiger partial charge in [-0.25, -0.2) is 17.9 Å². The smallest absolute Gasteiger partial charge is 0.315 e. The maximum Gasteiger partial charge on any atom is 0.315 e. The molecule has 4 N–H and O–H groups in total. The highest BCUT2D eigenvalue weighted by Crippen LogP contribution is 2.11. The largest absolute Gasteiger partial charge is 0.350 e. The van der Waals surface area contributed by atoms with Crippen LogP contribution in [0.2, 0.25) is 0 Å². The fraction of sp³-hybridized carbons (Fsp3) is 0.333. The predicted molar refractivity (Wildman–Crippen MR) is 115 cm³/mol. The minimum Gasteiger partial charge on any atom is -0.350 e. The zero-order valence-electron chi connectivity index (χ0n) is 17.3. The Balaban J connectivity index is 1.94. The SMILES string of the molecule is CNS(=O)(=O)c1cccc(CNC(=O)C(NC(=O)NCc2ccccc2)C(C)C)c1. The lowest BCUT2D eigenvalue weighted by Crippen LogP contribution is -2.52. The fourth-order valence-electron chi connectivity index (χ4n) is 2.75. The predicted octanol–water partition coefficient (Wildman–Crippen LogP) is 1.73. The molecule has 1 unspecified atom stereocenters. The minimum atomic E-state index is -3.56. The number of carbonyl (C=O) groups excluding carboxylic acids is 2. The number of rotatable bonds is 9. The van der Waals surface area contributed by atoms with Gasteiger partial charge in [-0.1, -0.05) is 56.3 Å². The lowest BCUT2D eigenvalue weighted by atomic mass is 10.0. The van der Waals surface area contributed by atoms with E-state index in [1.165, 1.54) is 19.2 Å². The Morgan fingerprint density at radius 1 is 0.900 bits per heavy atom. The van der Waals surface area contributed by atoms with Gasteiger partial charge >= 0.3 is 6.03 Å². The number of hydrogen-bond acceptors (Lipinski definition) is 4.